The standard InChI is InChI=1S/C20H19N3O3S/c1-2-4-18(24)22(13-16-5-3-10-27-16)17-11-19(25)23(20(17)26)15-8-6-14(12-21)7-9-15/h3,5-10,17H,2,4,11,13H2,1H3. The van der Waals surface area contributed by atoms with Crippen LogP contribution in [0, 0.1) is 11.3 Å². The first kappa shape index (κ1) is 18.8. The van der Waals surface area contributed by atoms with Crippen molar-refractivity contribution >= 4 is 34.7 Å². The third kappa shape index (κ3) is 3.91. The maximum atomic E-state index is 13.0. The molecule has 7 heteroatoms. The first-order chi connectivity index (χ1) is 13.0. The average Bonchev–Trinajstić information content (AvgIpc) is 3.28. The van der Waals surface area contributed by atoms with Gasteiger partial charge in [-0.25, -0.2) is 4.90 Å². The first-order valence-corrected chi connectivity index (χ1v) is 9.62. The second-order valence-electron chi connectivity index (χ2n) is 6.30. The van der Waals surface area contributed by atoms with Gasteiger partial charge in [0, 0.05) is 11.3 Å². The lowest BCUT2D eigenvalue weighted by atomic mass is 10.1. The molecule has 3 amide bonds. The highest BCUT2D eigenvalue weighted by molar-refractivity contribution is 7.09. The smallest absolute Gasteiger partial charge is 0.257 e. The predicted octanol–water partition coefficient (Wildman–Crippen LogP) is 3.08. The quantitative estimate of drug-likeness (QED) is 0.720. The summed E-state index contributed by atoms with van der Waals surface area (Å²) in [4.78, 5) is 41.8. The van der Waals surface area contributed by atoms with Gasteiger partial charge in [-0.05, 0) is 42.1 Å². The van der Waals surface area contributed by atoms with Crippen LogP contribution in [-0.4, -0.2) is 28.7 Å². The summed E-state index contributed by atoms with van der Waals surface area (Å²) < 4.78 is 0. The molecule has 0 bridgehead atoms. The molecule has 1 aromatic carbocycles. The van der Waals surface area contributed by atoms with E-state index in [0.29, 0.717) is 30.6 Å². The molecule has 1 aromatic heterocycles. The Morgan fingerprint density at radius 1 is 1.30 bits per heavy atom. The number of rotatable bonds is 6. The van der Waals surface area contributed by atoms with E-state index in [9.17, 15) is 14.4 Å². The molecule has 1 fully saturated rings. The van der Waals surface area contributed by atoms with Crippen molar-refractivity contribution in [2.45, 2.75) is 38.8 Å². The van der Waals surface area contributed by atoms with E-state index in [4.69, 9.17) is 5.26 Å². The van der Waals surface area contributed by atoms with Crippen LogP contribution in [-0.2, 0) is 20.9 Å². The van der Waals surface area contributed by atoms with E-state index < -0.39 is 11.9 Å². The van der Waals surface area contributed by atoms with Crippen molar-refractivity contribution < 1.29 is 14.4 Å². The number of amides is 3. The van der Waals surface area contributed by atoms with E-state index in [-0.39, 0.29) is 18.2 Å². The number of benzene rings is 1. The molecule has 0 spiro atoms. The third-order valence-corrected chi connectivity index (χ3v) is 5.31. The van der Waals surface area contributed by atoms with Gasteiger partial charge in [0.1, 0.15) is 6.04 Å². The van der Waals surface area contributed by atoms with E-state index in [1.807, 2.05) is 30.5 Å². The summed E-state index contributed by atoms with van der Waals surface area (Å²) in [6, 6.07) is 11.3. The Bertz CT molecular complexity index is 884. The number of anilines is 1. The highest BCUT2D eigenvalue weighted by atomic mass is 32.1. The van der Waals surface area contributed by atoms with Crippen LogP contribution in [0.4, 0.5) is 5.69 Å². The van der Waals surface area contributed by atoms with Gasteiger partial charge in [0.15, 0.2) is 0 Å². The van der Waals surface area contributed by atoms with Crippen molar-refractivity contribution in [1.29, 1.82) is 5.26 Å². The Morgan fingerprint density at radius 2 is 2.04 bits per heavy atom. The number of nitriles is 1. The zero-order valence-electron chi connectivity index (χ0n) is 14.9. The zero-order valence-corrected chi connectivity index (χ0v) is 15.7. The Hall–Kier alpha value is -2.98. The summed E-state index contributed by atoms with van der Waals surface area (Å²) in [6.07, 6.45) is 0.980. The Balaban J connectivity index is 1.87. The van der Waals surface area contributed by atoms with Gasteiger partial charge >= 0.3 is 0 Å². The second kappa shape index (κ2) is 8.14. The third-order valence-electron chi connectivity index (χ3n) is 4.44. The van der Waals surface area contributed by atoms with Gasteiger partial charge < -0.3 is 4.90 Å². The highest BCUT2D eigenvalue weighted by Gasteiger charge is 2.44. The molecule has 2 aromatic rings. The van der Waals surface area contributed by atoms with Gasteiger partial charge in [-0.3, -0.25) is 14.4 Å². The van der Waals surface area contributed by atoms with Crippen LogP contribution in [0.25, 0.3) is 0 Å². The number of thiophene rings is 1. The summed E-state index contributed by atoms with van der Waals surface area (Å²) in [7, 11) is 0. The second-order valence-corrected chi connectivity index (χ2v) is 7.33. The van der Waals surface area contributed by atoms with E-state index in [1.54, 1.807) is 24.3 Å². The highest BCUT2D eigenvalue weighted by Crippen LogP contribution is 2.28. The van der Waals surface area contributed by atoms with Crippen LogP contribution in [0.5, 0.6) is 0 Å². The number of carbonyl (C=O) groups excluding carboxylic acids is 3. The minimum atomic E-state index is -0.797. The van der Waals surface area contributed by atoms with Crippen LogP contribution in [0.3, 0.4) is 0 Å². The molecule has 3 rings (SSSR count). The number of hydrogen-bond donors (Lipinski definition) is 0. The number of carbonyl (C=O) groups is 3. The maximum Gasteiger partial charge on any atom is 0.257 e. The van der Waals surface area contributed by atoms with Crippen LogP contribution in [0.15, 0.2) is 41.8 Å². The minimum Gasteiger partial charge on any atom is -0.325 e. The molecule has 2 heterocycles. The Labute approximate surface area is 161 Å². The lowest BCUT2D eigenvalue weighted by Gasteiger charge is -2.27. The molecule has 6 nitrogen and oxygen atoms in total. The molecule has 1 aliphatic heterocycles. The lowest BCUT2D eigenvalue weighted by Crippen LogP contribution is -2.44. The van der Waals surface area contributed by atoms with Crippen molar-refractivity contribution in [2.75, 3.05) is 4.90 Å². The predicted molar refractivity (Wildman–Crippen MR) is 102 cm³/mol. The van der Waals surface area contributed by atoms with Gasteiger partial charge in [-0.2, -0.15) is 5.26 Å². The SMILES string of the molecule is CCCC(=O)N(Cc1cccs1)C1CC(=O)N(c2ccc(C#N)cc2)C1=O. The fourth-order valence-electron chi connectivity index (χ4n) is 3.12. The van der Waals surface area contributed by atoms with Crippen LogP contribution >= 0.6 is 11.3 Å². The fraction of sp³-hybridized carbons (Fsp3) is 0.300. The summed E-state index contributed by atoms with van der Waals surface area (Å²) in [5.74, 6) is -0.861. The normalized spacial score (nSPS) is 16.4. The number of hydrogen-bond acceptors (Lipinski definition) is 5. The zero-order chi connectivity index (χ0) is 19.4. The van der Waals surface area contributed by atoms with Crippen LogP contribution in [0.1, 0.15) is 36.6 Å². The van der Waals surface area contributed by atoms with E-state index in [1.165, 1.54) is 16.2 Å². The molecule has 1 aliphatic rings. The van der Waals surface area contributed by atoms with Gasteiger partial charge in [-0.1, -0.05) is 13.0 Å². The minimum absolute atomic E-state index is 0.0281. The molecule has 0 radical (unpaired) electrons. The topological polar surface area (TPSA) is 81.5 Å². The molecule has 138 valence electrons. The van der Waals surface area contributed by atoms with Crippen LogP contribution < -0.4 is 4.90 Å². The number of imide groups is 1. The molecule has 1 unspecified atom stereocenters. The van der Waals surface area contributed by atoms with Gasteiger partial charge in [0.25, 0.3) is 5.91 Å². The summed E-state index contributed by atoms with van der Waals surface area (Å²) >= 11 is 1.51. The molecule has 0 N–H and O–H groups in total. The van der Waals surface area contributed by atoms with Gasteiger partial charge in [-0.15, -0.1) is 11.3 Å². The van der Waals surface area contributed by atoms with Gasteiger partial charge in [0.2, 0.25) is 11.8 Å². The summed E-state index contributed by atoms with van der Waals surface area (Å²) in [5.41, 5.74) is 0.873. The first-order valence-electron chi connectivity index (χ1n) is 8.74. The average molecular weight is 381 g/mol. The Morgan fingerprint density at radius 3 is 2.63 bits per heavy atom. The van der Waals surface area contributed by atoms with E-state index in [0.717, 1.165) is 9.78 Å². The largest absolute Gasteiger partial charge is 0.325 e. The van der Waals surface area contributed by atoms with Gasteiger partial charge in [0.05, 0.1) is 30.3 Å². The van der Waals surface area contributed by atoms with Crippen LogP contribution in [0.2, 0.25) is 0 Å². The summed E-state index contributed by atoms with van der Waals surface area (Å²) in [5, 5.41) is 10.8. The molecule has 0 saturated carbocycles. The molecular weight excluding hydrogens is 362 g/mol. The van der Waals surface area contributed by atoms with Crippen molar-refractivity contribution in [3.63, 3.8) is 0 Å². The van der Waals surface area contributed by atoms with Crippen molar-refractivity contribution in [3.05, 3.63) is 52.2 Å². The molecule has 1 atom stereocenters. The van der Waals surface area contributed by atoms with Crippen molar-refractivity contribution in [2.24, 2.45) is 0 Å². The molecule has 27 heavy (non-hydrogen) atoms. The number of nitrogens with zero attached hydrogens (tertiary/aromatic N) is 3. The molecule has 0 aliphatic carbocycles. The van der Waals surface area contributed by atoms with E-state index in [2.05, 4.69) is 0 Å². The van der Waals surface area contributed by atoms with Crippen molar-refractivity contribution in [3.8, 4) is 6.07 Å². The Kier molecular flexibility index (Phi) is 5.67. The van der Waals surface area contributed by atoms with Crippen molar-refractivity contribution in [1.82, 2.24) is 4.90 Å². The molecular formula is C20H19N3O3S. The lowest BCUT2D eigenvalue weighted by molar-refractivity contribution is -0.139. The summed E-state index contributed by atoms with van der Waals surface area (Å²) in [6.45, 7) is 2.23. The molecule has 1 saturated heterocycles. The van der Waals surface area contributed by atoms with E-state index >= 15 is 0 Å². The maximum absolute atomic E-state index is 13.0. The fourth-order valence-corrected chi connectivity index (χ4v) is 3.82. The monoisotopic (exact) mass is 381 g/mol.